The molecule has 7 heteroatoms. The van der Waals surface area contributed by atoms with Crippen LogP contribution >= 0.6 is 0 Å². The van der Waals surface area contributed by atoms with Gasteiger partial charge >= 0.3 is 0 Å². The molecule has 0 bridgehead atoms. The molecular formula is C26H27N3O4. The molecular weight excluding hydrogens is 418 g/mol. The number of nitrogens with zero attached hydrogens (tertiary/aromatic N) is 2. The topological polar surface area (TPSA) is 84.7 Å². The molecule has 1 fully saturated rings. The van der Waals surface area contributed by atoms with Gasteiger partial charge in [0, 0.05) is 42.1 Å². The van der Waals surface area contributed by atoms with Gasteiger partial charge in [0.15, 0.2) is 5.76 Å². The smallest absolute Gasteiger partial charge is 0.240 e. The normalized spacial score (nSPS) is 18.2. The van der Waals surface area contributed by atoms with Crippen LogP contribution in [0.3, 0.4) is 0 Å². The van der Waals surface area contributed by atoms with Crippen molar-refractivity contribution in [3.05, 3.63) is 60.2 Å². The van der Waals surface area contributed by atoms with Gasteiger partial charge in [-0.1, -0.05) is 41.9 Å². The Kier molecular flexibility index (Phi) is 6.11. The van der Waals surface area contributed by atoms with Crippen molar-refractivity contribution in [2.45, 2.75) is 38.1 Å². The summed E-state index contributed by atoms with van der Waals surface area (Å²) in [5, 5.41) is 7.32. The third kappa shape index (κ3) is 4.77. The molecule has 2 aromatic carbocycles. The maximum Gasteiger partial charge on any atom is 0.240 e. The molecule has 1 N–H and O–H groups in total. The fraction of sp³-hybridized carbons (Fsp3) is 0.346. The lowest BCUT2D eigenvalue weighted by Gasteiger charge is -2.28. The number of rotatable bonds is 5. The largest absolute Gasteiger partial charge is 0.493 e. The highest BCUT2D eigenvalue weighted by molar-refractivity contribution is 5.85. The Labute approximate surface area is 192 Å². The van der Waals surface area contributed by atoms with Crippen LogP contribution < -0.4 is 10.1 Å². The molecule has 1 unspecified atom stereocenters. The van der Waals surface area contributed by atoms with Crippen molar-refractivity contribution in [2.24, 2.45) is 0 Å². The standard InChI is InChI=1S/C26H27N3O4/c30-25(17-29-13-6-2-5-9-26(29)31)27-21-12-14-32-23-11-10-19(15-20(21)23)24-16-22(28-33-24)18-7-3-1-4-8-18/h1,3-4,7-8,10-11,15-16,21H,2,5-6,9,12-14,17H2,(H,27,30). The quantitative estimate of drug-likeness (QED) is 0.631. The second-order valence-electron chi connectivity index (χ2n) is 8.58. The number of amides is 2. The van der Waals surface area contributed by atoms with Crippen LogP contribution in [-0.2, 0) is 9.59 Å². The maximum absolute atomic E-state index is 12.8. The minimum Gasteiger partial charge on any atom is -0.493 e. The third-order valence-electron chi connectivity index (χ3n) is 6.25. The molecule has 1 saturated heterocycles. The molecule has 7 nitrogen and oxygen atoms in total. The Morgan fingerprint density at radius 2 is 1.94 bits per heavy atom. The van der Waals surface area contributed by atoms with Gasteiger partial charge in [0.1, 0.15) is 11.4 Å². The average Bonchev–Trinajstić information content (AvgIpc) is 3.25. The Hall–Kier alpha value is -3.61. The zero-order chi connectivity index (χ0) is 22.6. The molecule has 1 atom stereocenters. The molecule has 0 radical (unpaired) electrons. The van der Waals surface area contributed by atoms with Crippen molar-refractivity contribution in [3.8, 4) is 28.3 Å². The summed E-state index contributed by atoms with van der Waals surface area (Å²) in [4.78, 5) is 26.7. The molecule has 0 spiro atoms. The van der Waals surface area contributed by atoms with Crippen molar-refractivity contribution in [3.63, 3.8) is 0 Å². The minimum absolute atomic E-state index is 0.0665. The third-order valence-corrected chi connectivity index (χ3v) is 6.25. The molecule has 2 amide bonds. The minimum atomic E-state index is -0.181. The number of nitrogens with one attached hydrogen (secondary N) is 1. The summed E-state index contributed by atoms with van der Waals surface area (Å²) in [5.74, 6) is 1.34. The van der Waals surface area contributed by atoms with Crippen molar-refractivity contribution < 1.29 is 18.8 Å². The molecule has 0 saturated carbocycles. The highest BCUT2D eigenvalue weighted by atomic mass is 16.5. The Morgan fingerprint density at radius 3 is 2.82 bits per heavy atom. The second-order valence-corrected chi connectivity index (χ2v) is 8.58. The predicted octanol–water partition coefficient (Wildman–Crippen LogP) is 4.35. The Morgan fingerprint density at radius 1 is 1.06 bits per heavy atom. The molecule has 3 aromatic rings. The van der Waals surface area contributed by atoms with Crippen LogP contribution in [0, 0.1) is 0 Å². The Bertz CT molecular complexity index is 1140. The van der Waals surface area contributed by atoms with E-state index in [0.717, 1.165) is 47.4 Å². The van der Waals surface area contributed by atoms with E-state index in [1.807, 2.05) is 54.6 Å². The van der Waals surface area contributed by atoms with E-state index in [0.29, 0.717) is 31.8 Å². The van der Waals surface area contributed by atoms with Crippen LogP contribution in [0.15, 0.2) is 59.1 Å². The number of fused-ring (bicyclic) bond motifs is 1. The first-order valence-electron chi connectivity index (χ1n) is 11.5. The van der Waals surface area contributed by atoms with E-state index in [1.165, 1.54) is 0 Å². The summed E-state index contributed by atoms with van der Waals surface area (Å²) in [7, 11) is 0. The van der Waals surface area contributed by atoms with Gasteiger partial charge in [-0.2, -0.15) is 0 Å². The first kappa shape index (κ1) is 21.2. The first-order valence-corrected chi connectivity index (χ1v) is 11.5. The van der Waals surface area contributed by atoms with E-state index in [9.17, 15) is 9.59 Å². The van der Waals surface area contributed by atoms with Gasteiger partial charge in [0.25, 0.3) is 0 Å². The lowest BCUT2D eigenvalue weighted by atomic mass is 9.97. The van der Waals surface area contributed by atoms with E-state index in [4.69, 9.17) is 9.26 Å². The van der Waals surface area contributed by atoms with E-state index in [2.05, 4.69) is 10.5 Å². The van der Waals surface area contributed by atoms with Crippen molar-refractivity contribution >= 4 is 11.8 Å². The number of carbonyl (C=O) groups is 2. The van der Waals surface area contributed by atoms with Gasteiger partial charge in [-0.3, -0.25) is 9.59 Å². The molecule has 33 heavy (non-hydrogen) atoms. The van der Waals surface area contributed by atoms with Crippen molar-refractivity contribution in [2.75, 3.05) is 19.7 Å². The zero-order valence-electron chi connectivity index (χ0n) is 18.5. The van der Waals surface area contributed by atoms with E-state index < -0.39 is 0 Å². The number of aromatic nitrogens is 1. The molecule has 2 aliphatic rings. The summed E-state index contributed by atoms with van der Waals surface area (Å²) in [6.07, 6.45) is 4.08. The molecule has 0 aliphatic carbocycles. The lowest BCUT2D eigenvalue weighted by molar-refractivity contribution is -0.135. The molecule has 5 rings (SSSR count). The van der Waals surface area contributed by atoms with E-state index in [-0.39, 0.29) is 24.4 Å². The van der Waals surface area contributed by atoms with Gasteiger partial charge in [-0.05, 0) is 31.0 Å². The predicted molar refractivity (Wildman–Crippen MR) is 123 cm³/mol. The number of benzene rings is 2. The number of hydrogen-bond acceptors (Lipinski definition) is 5. The van der Waals surface area contributed by atoms with E-state index >= 15 is 0 Å². The van der Waals surface area contributed by atoms with Gasteiger partial charge in [0.2, 0.25) is 11.8 Å². The van der Waals surface area contributed by atoms with E-state index in [1.54, 1.807) is 4.90 Å². The first-order chi connectivity index (χ1) is 16.2. The molecule has 1 aromatic heterocycles. The summed E-state index contributed by atoms with van der Waals surface area (Å²) in [6.45, 7) is 1.28. The molecule has 170 valence electrons. The number of hydrogen-bond donors (Lipinski definition) is 1. The second kappa shape index (κ2) is 9.48. The fourth-order valence-electron chi connectivity index (χ4n) is 4.47. The van der Waals surface area contributed by atoms with Gasteiger partial charge in [-0.25, -0.2) is 0 Å². The highest BCUT2D eigenvalue weighted by Gasteiger charge is 2.26. The lowest BCUT2D eigenvalue weighted by Crippen LogP contribution is -2.42. The van der Waals surface area contributed by atoms with Crippen LogP contribution in [0.5, 0.6) is 5.75 Å². The average molecular weight is 446 g/mol. The maximum atomic E-state index is 12.8. The zero-order valence-corrected chi connectivity index (χ0v) is 18.5. The monoisotopic (exact) mass is 445 g/mol. The summed E-state index contributed by atoms with van der Waals surface area (Å²) < 4.78 is 11.4. The van der Waals surface area contributed by atoms with Crippen molar-refractivity contribution in [1.82, 2.24) is 15.4 Å². The SMILES string of the molecule is O=C(CN1CCCCCC1=O)NC1CCOc2ccc(-c3cc(-c4ccccc4)no3)cc21. The van der Waals surface area contributed by atoms with Crippen molar-refractivity contribution in [1.29, 1.82) is 0 Å². The van der Waals surface area contributed by atoms with Crippen LogP contribution in [0.1, 0.15) is 43.7 Å². The van der Waals surface area contributed by atoms with Gasteiger partial charge < -0.3 is 19.5 Å². The van der Waals surface area contributed by atoms with Gasteiger partial charge in [-0.15, -0.1) is 0 Å². The number of ether oxygens (including phenoxy) is 1. The summed E-state index contributed by atoms with van der Waals surface area (Å²) in [6, 6.07) is 17.4. The summed E-state index contributed by atoms with van der Waals surface area (Å²) >= 11 is 0. The van der Waals surface area contributed by atoms with Crippen LogP contribution in [-0.4, -0.2) is 41.6 Å². The number of carbonyl (C=O) groups excluding carboxylic acids is 2. The Balaban J connectivity index is 1.33. The van der Waals surface area contributed by atoms with Crippen LogP contribution in [0.25, 0.3) is 22.6 Å². The summed E-state index contributed by atoms with van der Waals surface area (Å²) in [5.41, 5.74) is 3.54. The van der Waals surface area contributed by atoms with Crippen LogP contribution in [0.4, 0.5) is 0 Å². The molecule has 3 heterocycles. The number of likely N-dealkylation sites (tertiary alicyclic amines) is 1. The fourth-order valence-corrected chi connectivity index (χ4v) is 4.47. The van der Waals surface area contributed by atoms with Crippen LogP contribution in [0.2, 0.25) is 0 Å². The molecule has 2 aliphatic heterocycles. The highest BCUT2D eigenvalue weighted by Crippen LogP contribution is 2.36. The van der Waals surface area contributed by atoms with Gasteiger partial charge in [0.05, 0.1) is 19.2 Å².